The highest BCUT2D eigenvalue weighted by Crippen LogP contribution is 2.28. The number of anilines is 1. The number of hydrogen-bond acceptors (Lipinski definition) is 3. The number of halogens is 1. The molecule has 1 fully saturated rings. The van der Waals surface area contributed by atoms with E-state index >= 15 is 0 Å². The van der Waals surface area contributed by atoms with Crippen LogP contribution < -0.4 is 5.32 Å². The number of carbonyl (C=O) groups is 1. The molecule has 29 heavy (non-hydrogen) atoms. The molecule has 0 aromatic heterocycles. The summed E-state index contributed by atoms with van der Waals surface area (Å²) in [6.45, 7) is 4.37. The van der Waals surface area contributed by atoms with Crippen LogP contribution in [0.4, 0.5) is 10.1 Å². The Hall–Kier alpha value is -2.25. The molecule has 0 radical (unpaired) electrons. The number of amides is 1. The van der Waals surface area contributed by atoms with Gasteiger partial charge in [-0.05, 0) is 55.5 Å². The monoisotopic (exact) mass is 418 g/mol. The molecule has 2 aromatic carbocycles. The van der Waals surface area contributed by atoms with Crippen LogP contribution in [0.1, 0.15) is 55.5 Å². The summed E-state index contributed by atoms with van der Waals surface area (Å²) in [6, 6.07) is 10.7. The van der Waals surface area contributed by atoms with Crippen molar-refractivity contribution in [2.45, 2.75) is 56.9 Å². The predicted molar refractivity (Wildman–Crippen MR) is 112 cm³/mol. The second kappa shape index (κ2) is 9.05. The number of nitrogens with one attached hydrogen (secondary N) is 1. The maximum absolute atomic E-state index is 14.4. The molecule has 0 bridgehead atoms. The normalized spacial score (nSPS) is 17.8. The van der Waals surface area contributed by atoms with Gasteiger partial charge >= 0.3 is 0 Å². The third kappa shape index (κ3) is 4.51. The molecule has 1 aliphatic heterocycles. The largest absolute Gasteiger partial charge is 0.322 e. The molecule has 0 spiro atoms. The Morgan fingerprint density at radius 2 is 1.93 bits per heavy atom. The Morgan fingerprint density at radius 1 is 1.17 bits per heavy atom. The van der Waals surface area contributed by atoms with Crippen molar-refractivity contribution in [3.63, 3.8) is 0 Å². The summed E-state index contributed by atoms with van der Waals surface area (Å²) in [5.41, 5.74) is 1.24. The van der Waals surface area contributed by atoms with Crippen molar-refractivity contribution in [3.8, 4) is 0 Å². The van der Waals surface area contributed by atoms with Gasteiger partial charge in [0.25, 0.3) is 5.91 Å². The number of carbonyl (C=O) groups excluding carboxylic acids is 1. The van der Waals surface area contributed by atoms with Crippen molar-refractivity contribution in [2.24, 2.45) is 0 Å². The van der Waals surface area contributed by atoms with Crippen LogP contribution >= 0.6 is 0 Å². The van der Waals surface area contributed by atoms with E-state index in [1.807, 2.05) is 26.0 Å². The van der Waals surface area contributed by atoms with Crippen LogP contribution in [0.25, 0.3) is 0 Å². The fourth-order valence-electron chi connectivity index (χ4n) is 3.81. The van der Waals surface area contributed by atoms with E-state index in [1.54, 1.807) is 12.1 Å². The molecule has 1 saturated heterocycles. The van der Waals surface area contributed by atoms with E-state index in [0.29, 0.717) is 18.7 Å². The fourth-order valence-corrected chi connectivity index (χ4v) is 5.61. The van der Waals surface area contributed by atoms with Crippen LogP contribution in [-0.2, 0) is 16.4 Å². The molecular weight excluding hydrogens is 391 g/mol. The van der Waals surface area contributed by atoms with Gasteiger partial charge in [0.15, 0.2) is 0 Å². The fraction of sp³-hybridized carbons (Fsp3) is 0.409. The van der Waals surface area contributed by atoms with Gasteiger partial charge in [-0.15, -0.1) is 0 Å². The van der Waals surface area contributed by atoms with Crippen LogP contribution in [0, 0.1) is 5.82 Å². The number of nitrogens with zero attached hydrogens (tertiary/aromatic N) is 1. The molecule has 1 heterocycles. The lowest BCUT2D eigenvalue weighted by Gasteiger charge is -2.34. The summed E-state index contributed by atoms with van der Waals surface area (Å²) in [5.74, 6) is -1.41. The number of aryl methyl sites for hydroxylation is 1. The molecule has 3 rings (SSSR count). The first-order valence-electron chi connectivity index (χ1n) is 10.1. The van der Waals surface area contributed by atoms with E-state index < -0.39 is 21.7 Å². The summed E-state index contributed by atoms with van der Waals surface area (Å²) in [4.78, 5) is 12.7. The zero-order valence-corrected chi connectivity index (χ0v) is 17.6. The molecule has 156 valence electrons. The quantitative estimate of drug-likeness (QED) is 0.746. The Balaban J connectivity index is 1.92. The molecule has 1 amide bonds. The first kappa shape index (κ1) is 21.5. The summed E-state index contributed by atoms with van der Waals surface area (Å²) in [5, 5.41) is 2.71. The molecule has 5 nitrogen and oxygen atoms in total. The van der Waals surface area contributed by atoms with Crippen LogP contribution in [0.15, 0.2) is 47.4 Å². The second-order valence-electron chi connectivity index (χ2n) is 7.28. The van der Waals surface area contributed by atoms with Gasteiger partial charge in [0.05, 0.1) is 10.5 Å². The van der Waals surface area contributed by atoms with E-state index in [9.17, 15) is 17.6 Å². The van der Waals surface area contributed by atoms with Crippen LogP contribution in [0.3, 0.4) is 0 Å². The van der Waals surface area contributed by atoms with Crippen molar-refractivity contribution in [3.05, 3.63) is 59.4 Å². The molecule has 1 N–H and O–H groups in total. The highest BCUT2D eigenvalue weighted by Gasteiger charge is 2.33. The van der Waals surface area contributed by atoms with E-state index in [0.717, 1.165) is 43.4 Å². The molecule has 0 unspecified atom stereocenters. The summed E-state index contributed by atoms with van der Waals surface area (Å²) in [7, 11) is -3.80. The maximum atomic E-state index is 14.4. The standard InChI is InChI=1S/C22H27FN2O3S/c1-3-16-9-5-6-11-21(16)24-22(26)19-15-18(12-13-20(19)23)29(27,28)25-14-8-7-10-17(25)4-2/h5-6,9,11-13,15,17H,3-4,7-8,10,14H2,1-2H3,(H,24,26)/t17-/m0/s1. The highest BCUT2D eigenvalue weighted by molar-refractivity contribution is 7.89. The van der Waals surface area contributed by atoms with Crippen molar-refractivity contribution in [2.75, 3.05) is 11.9 Å². The number of rotatable bonds is 6. The van der Waals surface area contributed by atoms with Crippen LogP contribution in [0.5, 0.6) is 0 Å². The number of piperidine rings is 1. The Morgan fingerprint density at radius 3 is 2.66 bits per heavy atom. The lowest BCUT2D eigenvalue weighted by molar-refractivity contribution is 0.102. The SMILES string of the molecule is CCc1ccccc1NC(=O)c1cc(S(=O)(=O)N2CCCC[C@@H]2CC)ccc1F. The third-order valence-electron chi connectivity index (χ3n) is 5.48. The van der Waals surface area contributed by atoms with Gasteiger partial charge in [0, 0.05) is 18.3 Å². The molecule has 7 heteroatoms. The number of para-hydroxylation sites is 1. The zero-order valence-electron chi connectivity index (χ0n) is 16.8. The number of sulfonamides is 1. The summed E-state index contributed by atoms with van der Waals surface area (Å²) < 4.78 is 42.3. The zero-order chi connectivity index (χ0) is 21.0. The van der Waals surface area contributed by atoms with Gasteiger partial charge in [-0.2, -0.15) is 4.31 Å². The molecule has 1 atom stereocenters. The van der Waals surface area contributed by atoms with E-state index in [4.69, 9.17) is 0 Å². The molecule has 0 aliphatic carbocycles. The summed E-state index contributed by atoms with van der Waals surface area (Å²) in [6.07, 6.45) is 4.05. The van der Waals surface area contributed by atoms with Gasteiger partial charge in [-0.1, -0.05) is 38.5 Å². The van der Waals surface area contributed by atoms with Gasteiger partial charge < -0.3 is 5.32 Å². The smallest absolute Gasteiger partial charge is 0.258 e. The first-order valence-corrected chi connectivity index (χ1v) is 11.5. The van der Waals surface area contributed by atoms with E-state index in [2.05, 4.69) is 5.32 Å². The first-order chi connectivity index (χ1) is 13.9. The van der Waals surface area contributed by atoms with E-state index in [1.165, 1.54) is 10.4 Å². The van der Waals surface area contributed by atoms with Crippen molar-refractivity contribution in [1.82, 2.24) is 4.31 Å². The number of hydrogen-bond donors (Lipinski definition) is 1. The minimum absolute atomic E-state index is 0.0480. The van der Waals surface area contributed by atoms with Crippen LogP contribution in [-0.4, -0.2) is 31.2 Å². The van der Waals surface area contributed by atoms with Gasteiger partial charge in [0.2, 0.25) is 10.0 Å². The van der Waals surface area contributed by atoms with Crippen molar-refractivity contribution < 1.29 is 17.6 Å². The van der Waals surface area contributed by atoms with Gasteiger partial charge in [0.1, 0.15) is 5.82 Å². The Kier molecular flexibility index (Phi) is 6.70. The topological polar surface area (TPSA) is 66.5 Å². The van der Waals surface area contributed by atoms with Crippen LogP contribution in [0.2, 0.25) is 0 Å². The minimum Gasteiger partial charge on any atom is -0.322 e. The molecule has 0 saturated carbocycles. The Labute approximate surface area is 172 Å². The predicted octanol–water partition coefficient (Wildman–Crippen LogP) is 4.59. The van der Waals surface area contributed by atoms with Gasteiger partial charge in [-0.25, -0.2) is 12.8 Å². The van der Waals surface area contributed by atoms with Gasteiger partial charge in [-0.3, -0.25) is 4.79 Å². The van der Waals surface area contributed by atoms with Crippen molar-refractivity contribution in [1.29, 1.82) is 0 Å². The lowest BCUT2D eigenvalue weighted by Crippen LogP contribution is -2.43. The molecule has 2 aromatic rings. The molecule has 1 aliphatic rings. The molecular formula is C22H27FN2O3S. The maximum Gasteiger partial charge on any atom is 0.258 e. The summed E-state index contributed by atoms with van der Waals surface area (Å²) >= 11 is 0. The average Bonchev–Trinajstić information content (AvgIpc) is 2.74. The second-order valence-corrected chi connectivity index (χ2v) is 9.17. The number of benzene rings is 2. The average molecular weight is 419 g/mol. The minimum atomic E-state index is -3.80. The Bertz CT molecular complexity index is 991. The third-order valence-corrected chi connectivity index (χ3v) is 7.43. The van der Waals surface area contributed by atoms with E-state index in [-0.39, 0.29) is 16.5 Å². The lowest BCUT2D eigenvalue weighted by atomic mass is 10.0. The van der Waals surface area contributed by atoms with Crippen molar-refractivity contribution >= 4 is 21.6 Å². The highest BCUT2D eigenvalue weighted by atomic mass is 32.2.